The summed E-state index contributed by atoms with van der Waals surface area (Å²) in [5, 5.41) is 0. The van der Waals surface area contributed by atoms with Gasteiger partial charge >= 0.3 is 6.21 Å². The molecule has 0 atom stereocenters. The van der Waals surface area contributed by atoms with E-state index in [1.807, 2.05) is 7.05 Å². The van der Waals surface area contributed by atoms with Crippen molar-refractivity contribution in [2.45, 2.75) is 0 Å². The highest BCUT2D eigenvalue weighted by Gasteiger charge is 2.06. The molecule has 0 saturated carbocycles. The van der Waals surface area contributed by atoms with Gasteiger partial charge in [-0.05, 0) is 6.07 Å². The summed E-state index contributed by atoms with van der Waals surface area (Å²) in [6, 6.07) is 1.66. The van der Waals surface area contributed by atoms with Gasteiger partial charge in [-0.15, -0.1) is 0 Å². The molecule has 0 bridgehead atoms. The first kappa shape index (κ1) is 7.44. The lowest BCUT2D eigenvalue weighted by molar-refractivity contribution is 0.00235. The van der Waals surface area contributed by atoms with Crippen LogP contribution in [0.5, 0.6) is 0 Å². The Labute approximate surface area is 63.7 Å². The van der Waals surface area contributed by atoms with E-state index in [9.17, 15) is 4.79 Å². The highest BCUT2D eigenvalue weighted by Crippen LogP contribution is 1.98. The van der Waals surface area contributed by atoms with Gasteiger partial charge in [0.25, 0.3) is 5.78 Å². The molecular weight excluding hydrogens is 142 g/mol. The lowest BCUT2D eigenvalue weighted by Crippen LogP contribution is -1.98. The SMILES string of the molecule is Cn1ccc(C(=O)C=[N+]=[N-])c1. The fraction of sp³-hybridized carbons (Fsp3) is 0.143. The van der Waals surface area contributed by atoms with Gasteiger partial charge in [0.05, 0.1) is 0 Å². The number of aryl methyl sites for hydroxylation is 1. The van der Waals surface area contributed by atoms with Crippen molar-refractivity contribution in [1.82, 2.24) is 4.57 Å². The van der Waals surface area contributed by atoms with Crippen LogP contribution < -0.4 is 0 Å². The summed E-state index contributed by atoms with van der Waals surface area (Å²) in [6.45, 7) is 0. The monoisotopic (exact) mass is 149 g/mol. The molecule has 4 nitrogen and oxygen atoms in total. The number of nitrogens with zero attached hydrogens (tertiary/aromatic N) is 3. The molecule has 4 heteroatoms. The molecule has 0 N–H and O–H groups in total. The average Bonchev–Trinajstić information content (AvgIpc) is 2.36. The van der Waals surface area contributed by atoms with Crippen molar-refractivity contribution in [1.29, 1.82) is 0 Å². The minimum Gasteiger partial charge on any atom is -0.361 e. The van der Waals surface area contributed by atoms with Crippen LogP contribution in [0.15, 0.2) is 18.5 Å². The molecule has 0 unspecified atom stereocenters. The maximum absolute atomic E-state index is 10.9. The summed E-state index contributed by atoms with van der Waals surface area (Å²) in [7, 11) is 1.81. The predicted molar refractivity (Wildman–Crippen MR) is 39.4 cm³/mol. The van der Waals surface area contributed by atoms with E-state index in [2.05, 4.69) is 4.79 Å². The summed E-state index contributed by atoms with van der Waals surface area (Å²) < 4.78 is 1.75. The first-order valence-corrected chi connectivity index (χ1v) is 3.08. The van der Waals surface area contributed by atoms with E-state index in [0.717, 1.165) is 6.21 Å². The molecule has 1 rings (SSSR count). The Morgan fingerprint density at radius 1 is 1.82 bits per heavy atom. The third-order valence-corrected chi connectivity index (χ3v) is 1.29. The molecule has 0 saturated heterocycles. The Kier molecular flexibility index (Phi) is 1.99. The molecule has 0 fully saturated rings. The lowest BCUT2D eigenvalue weighted by atomic mass is 10.2. The molecule has 0 aliphatic carbocycles. The van der Waals surface area contributed by atoms with Gasteiger partial charge in [-0.2, -0.15) is 4.79 Å². The zero-order chi connectivity index (χ0) is 8.27. The molecule has 1 aromatic rings. The van der Waals surface area contributed by atoms with Crippen LogP contribution in [-0.2, 0) is 7.05 Å². The van der Waals surface area contributed by atoms with Gasteiger partial charge in [0.15, 0.2) is 0 Å². The molecule has 0 radical (unpaired) electrons. The average molecular weight is 149 g/mol. The summed E-state index contributed by atoms with van der Waals surface area (Å²) in [4.78, 5) is 13.6. The Bertz CT molecular complexity index is 320. The zero-order valence-electron chi connectivity index (χ0n) is 6.06. The summed E-state index contributed by atoms with van der Waals surface area (Å²) in [5.41, 5.74) is 8.57. The predicted octanol–water partition coefficient (Wildman–Crippen LogP) is 0.508. The topological polar surface area (TPSA) is 58.4 Å². The van der Waals surface area contributed by atoms with Gasteiger partial charge in [0, 0.05) is 25.0 Å². The standard InChI is InChI=1S/C7H7N3O/c1-10-3-2-6(5-10)7(11)4-9-8/h2-5H,1H3. The minimum absolute atomic E-state index is 0.298. The van der Waals surface area contributed by atoms with Crippen LogP contribution in [0.4, 0.5) is 0 Å². The van der Waals surface area contributed by atoms with Gasteiger partial charge in [0.1, 0.15) is 0 Å². The fourth-order valence-corrected chi connectivity index (χ4v) is 0.776. The van der Waals surface area contributed by atoms with Crippen molar-refractivity contribution in [2.75, 3.05) is 0 Å². The van der Waals surface area contributed by atoms with Crippen LogP contribution in [0, 0.1) is 0 Å². The van der Waals surface area contributed by atoms with E-state index in [0.29, 0.717) is 5.56 Å². The Balaban J connectivity index is 2.93. The normalized spacial score (nSPS) is 8.82. The molecular formula is C7H7N3O. The van der Waals surface area contributed by atoms with Crippen LogP contribution in [0.25, 0.3) is 5.53 Å². The summed E-state index contributed by atoms with van der Waals surface area (Å²) in [6.07, 6.45) is 4.28. The largest absolute Gasteiger partial charge is 0.361 e. The molecule has 0 spiro atoms. The number of hydrogen-bond acceptors (Lipinski definition) is 1. The molecule has 0 aromatic carbocycles. The molecule has 0 amide bonds. The van der Waals surface area contributed by atoms with Crippen LogP contribution in [-0.4, -0.2) is 21.4 Å². The number of hydrogen-bond donors (Lipinski definition) is 0. The third kappa shape index (κ3) is 1.63. The second-order valence-electron chi connectivity index (χ2n) is 2.17. The Hall–Kier alpha value is -1.67. The number of aromatic nitrogens is 1. The van der Waals surface area contributed by atoms with Gasteiger partial charge in [-0.1, -0.05) is 0 Å². The van der Waals surface area contributed by atoms with Gasteiger partial charge in [-0.25, -0.2) is 0 Å². The second-order valence-corrected chi connectivity index (χ2v) is 2.17. The smallest absolute Gasteiger partial charge is 0.328 e. The number of Topliss-reactive ketones (excluding diaryl/α,β-unsaturated/α-hetero) is 1. The van der Waals surface area contributed by atoms with Gasteiger partial charge < -0.3 is 10.1 Å². The minimum atomic E-state index is -0.298. The second kappa shape index (κ2) is 2.94. The molecule has 1 aromatic heterocycles. The molecule has 0 aliphatic heterocycles. The first-order chi connectivity index (χ1) is 5.24. The molecule has 56 valence electrons. The molecule has 1 heterocycles. The van der Waals surface area contributed by atoms with Crippen molar-refractivity contribution >= 4 is 12.0 Å². The van der Waals surface area contributed by atoms with Crippen molar-refractivity contribution in [2.24, 2.45) is 7.05 Å². The van der Waals surface area contributed by atoms with Gasteiger partial charge in [-0.3, -0.25) is 4.79 Å². The van der Waals surface area contributed by atoms with Crippen molar-refractivity contribution < 1.29 is 9.58 Å². The van der Waals surface area contributed by atoms with Gasteiger partial charge in [0.2, 0.25) is 0 Å². The first-order valence-electron chi connectivity index (χ1n) is 3.08. The number of rotatable bonds is 2. The molecule has 0 aliphatic rings. The van der Waals surface area contributed by atoms with Crippen LogP contribution >= 0.6 is 0 Å². The van der Waals surface area contributed by atoms with E-state index in [1.54, 1.807) is 23.0 Å². The van der Waals surface area contributed by atoms with Crippen molar-refractivity contribution in [3.8, 4) is 0 Å². The maximum Gasteiger partial charge on any atom is 0.328 e. The summed E-state index contributed by atoms with van der Waals surface area (Å²) >= 11 is 0. The highest BCUT2D eigenvalue weighted by molar-refractivity contribution is 6.33. The van der Waals surface area contributed by atoms with Crippen LogP contribution in [0.3, 0.4) is 0 Å². The van der Waals surface area contributed by atoms with E-state index in [1.165, 1.54) is 0 Å². The summed E-state index contributed by atoms with van der Waals surface area (Å²) in [5.74, 6) is -0.298. The maximum atomic E-state index is 10.9. The quantitative estimate of drug-likeness (QED) is 0.261. The van der Waals surface area contributed by atoms with E-state index in [-0.39, 0.29) is 5.78 Å². The number of carbonyl (C=O) groups excluding carboxylic acids is 1. The van der Waals surface area contributed by atoms with E-state index < -0.39 is 0 Å². The highest BCUT2D eigenvalue weighted by atomic mass is 16.1. The van der Waals surface area contributed by atoms with Crippen molar-refractivity contribution in [3.05, 3.63) is 29.6 Å². The van der Waals surface area contributed by atoms with Crippen molar-refractivity contribution in [3.63, 3.8) is 0 Å². The zero-order valence-corrected chi connectivity index (χ0v) is 6.06. The Morgan fingerprint density at radius 2 is 2.55 bits per heavy atom. The van der Waals surface area contributed by atoms with Crippen LogP contribution in [0.1, 0.15) is 10.4 Å². The van der Waals surface area contributed by atoms with E-state index in [4.69, 9.17) is 5.53 Å². The molecule has 11 heavy (non-hydrogen) atoms. The van der Waals surface area contributed by atoms with Crippen LogP contribution in [0.2, 0.25) is 0 Å². The van der Waals surface area contributed by atoms with E-state index >= 15 is 0 Å². The number of carbonyl (C=O) groups is 1. The Morgan fingerprint density at radius 3 is 3.00 bits per heavy atom. The fourth-order valence-electron chi connectivity index (χ4n) is 0.776. The third-order valence-electron chi connectivity index (χ3n) is 1.29. The number of ketones is 1. The lowest BCUT2D eigenvalue weighted by Gasteiger charge is -1.83.